The minimum atomic E-state index is -3.66. The molecule has 2 aromatic carbocycles. The van der Waals surface area contributed by atoms with E-state index >= 15 is 0 Å². The zero-order valence-corrected chi connectivity index (χ0v) is 16.3. The van der Waals surface area contributed by atoms with Gasteiger partial charge in [0.2, 0.25) is 22.7 Å². The Labute approximate surface area is 158 Å². The Kier molecular flexibility index (Phi) is 5.27. The summed E-state index contributed by atoms with van der Waals surface area (Å²) in [5, 5.41) is 2.83. The number of nitrogens with zero attached hydrogens (tertiary/aromatic N) is 1. The summed E-state index contributed by atoms with van der Waals surface area (Å²) < 4.78 is 36.9. The molecule has 8 heteroatoms. The monoisotopic (exact) mass is 390 g/mol. The van der Waals surface area contributed by atoms with Gasteiger partial charge in [0.25, 0.3) is 0 Å². The average Bonchev–Trinajstić information content (AvgIpc) is 3.10. The highest BCUT2D eigenvalue weighted by Gasteiger charge is 2.26. The van der Waals surface area contributed by atoms with E-state index < -0.39 is 15.9 Å². The molecule has 1 aliphatic rings. The van der Waals surface area contributed by atoms with Crippen LogP contribution in [-0.4, -0.2) is 33.4 Å². The predicted molar refractivity (Wildman–Crippen MR) is 104 cm³/mol. The molecular weight excluding hydrogens is 368 g/mol. The molecule has 1 N–H and O–H groups in total. The van der Waals surface area contributed by atoms with Crippen molar-refractivity contribution in [3.8, 4) is 11.5 Å². The van der Waals surface area contributed by atoms with Crippen LogP contribution in [0.2, 0.25) is 0 Å². The molecule has 0 unspecified atom stereocenters. The lowest BCUT2D eigenvalue weighted by Gasteiger charge is -2.24. The number of ether oxygens (including phenoxy) is 2. The highest BCUT2D eigenvalue weighted by molar-refractivity contribution is 7.92. The summed E-state index contributed by atoms with van der Waals surface area (Å²) >= 11 is 0. The fourth-order valence-corrected chi connectivity index (χ4v) is 3.93. The van der Waals surface area contributed by atoms with Gasteiger partial charge in [-0.1, -0.05) is 18.2 Å². The van der Waals surface area contributed by atoms with E-state index in [1.54, 1.807) is 25.1 Å². The standard InChI is InChI=1S/C19H22N2O5S/c1-4-27(23,24)21(15-8-9-16-17(10-15)26-12-25-16)11-18(22)20-19-13(2)6-5-7-14(19)3/h5-10H,4,11-12H2,1-3H3,(H,20,22). The van der Waals surface area contributed by atoms with Gasteiger partial charge in [-0.2, -0.15) is 0 Å². The molecule has 1 amide bonds. The molecule has 0 radical (unpaired) electrons. The van der Waals surface area contributed by atoms with Gasteiger partial charge in [-0.15, -0.1) is 0 Å². The van der Waals surface area contributed by atoms with E-state index in [-0.39, 0.29) is 19.1 Å². The summed E-state index contributed by atoms with van der Waals surface area (Å²) in [5.41, 5.74) is 2.88. The number of carbonyl (C=O) groups is 1. The number of benzene rings is 2. The Hall–Kier alpha value is -2.74. The topological polar surface area (TPSA) is 84.9 Å². The highest BCUT2D eigenvalue weighted by atomic mass is 32.2. The number of carbonyl (C=O) groups excluding carboxylic acids is 1. The van der Waals surface area contributed by atoms with Crippen LogP contribution >= 0.6 is 0 Å². The number of rotatable bonds is 6. The number of sulfonamides is 1. The largest absolute Gasteiger partial charge is 0.454 e. The van der Waals surface area contributed by atoms with Crippen LogP contribution in [0.15, 0.2) is 36.4 Å². The van der Waals surface area contributed by atoms with Crippen LogP contribution in [0, 0.1) is 13.8 Å². The highest BCUT2D eigenvalue weighted by Crippen LogP contribution is 2.36. The predicted octanol–water partition coefficient (Wildman–Crippen LogP) is 2.83. The van der Waals surface area contributed by atoms with Gasteiger partial charge in [0.05, 0.1) is 11.4 Å². The van der Waals surface area contributed by atoms with Crippen LogP contribution in [0.25, 0.3) is 0 Å². The molecule has 0 bridgehead atoms. The minimum absolute atomic E-state index is 0.0896. The van der Waals surface area contributed by atoms with E-state index in [9.17, 15) is 13.2 Å². The van der Waals surface area contributed by atoms with Crippen molar-refractivity contribution in [3.05, 3.63) is 47.5 Å². The molecule has 0 atom stereocenters. The first-order valence-corrected chi connectivity index (χ1v) is 10.2. The second-order valence-corrected chi connectivity index (χ2v) is 8.44. The smallest absolute Gasteiger partial charge is 0.245 e. The van der Waals surface area contributed by atoms with E-state index in [2.05, 4.69) is 5.32 Å². The Bertz CT molecular complexity index is 952. The van der Waals surface area contributed by atoms with Gasteiger partial charge in [0, 0.05) is 11.8 Å². The SMILES string of the molecule is CCS(=O)(=O)N(CC(=O)Nc1c(C)cccc1C)c1ccc2c(c1)OCO2. The second-order valence-electron chi connectivity index (χ2n) is 6.26. The first-order chi connectivity index (χ1) is 12.8. The van der Waals surface area contributed by atoms with Crippen LogP contribution < -0.4 is 19.1 Å². The number of aryl methyl sites for hydroxylation is 2. The summed E-state index contributed by atoms with van der Waals surface area (Å²) in [6.07, 6.45) is 0. The fraction of sp³-hybridized carbons (Fsp3) is 0.316. The number of para-hydroxylation sites is 1. The summed E-state index contributed by atoms with van der Waals surface area (Å²) in [6, 6.07) is 10.5. The number of hydrogen-bond acceptors (Lipinski definition) is 5. The normalized spacial score (nSPS) is 12.7. The van der Waals surface area contributed by atoms with Crippen molar-refractivity contribution in [2.75, 3.05) is 28.7 Å². The van der Waals surface area contributed by atoms with Crippen molar-refractivity contribution in [2.24, 2.45) is 0 Å². The Morgan fingerprint density at radius 1 is 1.11 bits per heavy atom. The van der Waals surface area contributed by atoms with Gasteiger partial charge in [-0.05, 0) is 44.0 Å². The molecule has 144 valence electrons. The minimum Gasteiger partial charge on any atom is -0.454 e. The first kappa shape index (κ1) is 19.0. The number of nitrogens with one attached hydrogen (secondary N) is 1. The molecule has 0 spiro atoms. The number of amides is 1. The van der Waals surface area contributed by atoms with Gasteiger partial charge >= 0.3 is 0 Å². The van der Waals surface area contributed by atoms with Gasteiger partial charge in [-0.3, -0.25) is 9.10 Å². The second kappa shape index (κ2) is 7.48. The van der Waals surface area contributed by atoms with Gasteiger partial charge in [0.1, 0.15) is 6.54 Å². The first-order valence-electron chi connectivity index (χ1n) is 8.58. The molecule has 0 aliphatic carbocycles. The van der Waals surface area contributed by atoms with Gasteiger partial charge < -0.3 is 14.8 Å². The lowest BCUT2D eigenvalue weighted by Crippen LogP contribution is -2.39. The van der Waals surface area contributed by atoms with Crippen LogP contribution in [0.5, 0.6) is 11.5 Å². The van der Waals surface area contributed by atoms with Crippen LogP contribution in [0.1, 0.15) is 18.1 Å². The van der Waals surface area contributed by atoms with Crippen LogP contribution in [0.3, 0.4) is 0 Å². The van der Waals surface area contributed by atoms with E-state index in [0.717, 1.165) is 15.4 Å². The fourth-order valence-electron chi connectivity index (χ4n) is 2.87. The Morgan fingerprint density at radius 3 is 2.44 bits per heavy atom. The number of hydrogen-bond donors (Lipinski definition) is 1. The summed E-state index contributed by atoms with van der Waals surface area (Å²) in [6.45, 7) is 5.08. The van der Waals surface area contributed by atoms with Gasteiger partial charge in [0.15, 0.2) is 11.5 Å². The third-order valence-corrected chi connectivity index (χ3v) is 6.12. The molecule has 0 saturated carbocycles. The van der Waals surface area contributed by atoms with Crippen molar-refractivity contribution in [1.29, 1.82) is 0 Å². The van der Waals surface area contributed by atoms with Crippen molar-refractivity contribution < 1.29 is 22.7 Å². The zero-order valence-electron chi connectivity index (χ0n) is 15.5. The summed E-state index contributed by atoms with van der Waals surface area (Å²) in [5.74, 6) is 0.464. The van der Waals surface area contributed by atoms with E-state index in [1.165, 1.54) is 0 Å². The van der Waals surface area contributed by atoms with E-state index in [0.29, 0.717) is 22.9 Å². The molecule has 3 rings (SSSR count). The maximum absolute atomic E-state index is 12.6. The zero-order chi connectivity index (χ0) is 19.6. The maximum atomic E-state index is 12.6. The van der Waals surface area contributed by atoms with Crippen molar-refractivity contribution >= 4 is 27.3 Å². The molecular formula is C19H22N2O5S. The third kappa shape index (κ3) is 4.00. The number of fused-ring (bicyclic) bond motifs is 1. The maximum Gasteiger partial charge on any atom is 0.245 e. The Morgan fingerprint density at radius 2 is 1.78 bits per heavy atom. The van der Waals surface area contributed by atoms with Crippen molar-refractivity contribution in [2.45, 2.75) is 20.8 Å². The lowest BCUT2D eigenvalue weighted by molar-refractivity contribution is -0.114. The molecule has 1 aliphatic heterocycles. The summed E-state index contributed by atoms with van der Waals surface area (Å²) in [4.78, 5) is 12.6. The summed E-state index contributed by atoms with van der Waals surface area (Å²) in [7, 11) is -3.66. The molecule has 0 fully saturated rings. The van der Waals surface area contributed by atoms with Crippen LogP contribution in [0.4, 0.5) is 11.4 Å². The molecule has 0 aromatic heterocycles. The third-order valence-electron chi connectivity index (χ3n) is 4.38. The van der Waals surface area contributed by atoms with E-state index in [1.807, 2.05) is 32.0 Å². The molecule has 27 heavy (non-hydrogen) atoms. The van der Waals surface area contributed by atoms with Gasteiger partial charge in [-0.25, -0.2) is 8.42 Å². The number of anilines is 2. The quantitative estimate of drug-likeness (QED) is 0.820. The van der Waals surface area contributed by atoms with E-state index in [4.69, 9.17) is 9.47 Å². The Balaban J connectivity index is 1.87. The van der Waals surface area contributed by atoms with Crippen molar-refractivity contribution in [1.82, 2.24) is 0 Å². The molecule has 2 aromatic rings. The lowest BCUT2D eigenvalue weighted by atomic mass is 10.1. The molecule has 0 saturated heterocycles. The molecule has 7 nitrogen and oxygen atoms in total. The average molecular weight is 390 g/mol. The van der Waals surface area contributed by atoms with Crippen LogP contribution in [-0.2, 0) is 14.8 Å². The van der Waals surface area contributed by atoms with Crippen molar-refractivity contribution in [3.63, 3.8) is 0 Å². The molecule has 1 heterocycles.